The third-order valence-electron chi connectivity index (χ3n) is 4.57. The number of ether oxygens (including phenoxy) is 3. The molecule has 1 aromatic heterocycles. The van der Waals surface area contributed by atoms with E-state index in [4.69, 9.17) is 25.8 Å². The van der Waals surface area contributed by atoms with E-state index in [0.717, 1.165) is 16.8 Å². The van der Waals surface area contributed by atoms with Gasteiger partial charge in [0, 0.05) is 18.2 Å². The number of halogens is 2. The summed E-state index contributed by atoms with van der Waals surface area (Å²) in [6.07, 6.45) is -5.12. The Kier molecular flexibility index (Phi) is 7.61. The minimum Gasteiger partial charge on any atom is -0.456 e. The number of nitrogens with zero attached hydrogens (tertiary/aromatic N) is 1. The number of rotatable bonds is 8. The van der Waals surface area contributed by atoms with Crippen molar-refractivity contribution in [3.05, 3.63) is 33.1 Å². The molecule has 0 aliphatic carbocycles. The molecule has 9 nitrogen and oxygen atoms in total. The molecule has 5 atom stereocenters. The molecular weight excluding hydrogens is 411 g/mol. The lowest BCUT2D eigenvalue weighted by Gasteiger charge is -2.33. The van der Waals surface area contributed by atoms with Crippen molar-refractivity contribution < 1.29 is 28.5 Å². The first-order valence-electron chi connectivity index (χ1n) is 9.22. The first-order valence-corrected chi connectivity index (χ1v) is 9.75. The van der Waals surface area contributed by atoms with Gasteiger partial charge in [0.05, 0.1) is 18.4 Å². The molecule has 1 fully saturated rings. The van der Waals surface area contributed by atoms with Crippen molar-refractivity contribution in [2.75, 3.05) is 12.5 Å². The number of carbonyl (C=O) groups is 1. The Morgan fingerprint density at radius 2 is 2.07 bits per heavy atom. The van der Waals surface area contributed by atoms with E-state index in [-0.39, 0.29) is 18.4 Å². The Morgan fingerprint density at radius 3 is 2.59 bits per heavy atom. The van der Waals surface area contributed by atoms with Gasteiger partial charge in [0.1, 0.15) is 5.60 Å². The molecular formula is C18H26ClFN2O7. The van der Waals surface area contributed by atoms with Crippen LogP contribution in [0.5, 0.6) is 0 Å². The van der Waals surface area contributed by atoms with E-state index >= 15 is 4.39 Å². The zero-order valence-corrected chi connectivity index (χ0v) is 17.4. The van der Waals surface area contributed by atoms with Gasteiger partial charge >= 0.3 is 11.7 Å². The number of aliphatic hydroxyl groups is 1. The molecule has 0 bridgehead atoms. The molecule has 164 valence electrons. The highest BCUT2D eigenvalue weighted by molar-refractivity contribution is 6.18. The molecule has 29 heavy (non-hydrogen) atoms. The van der Waals surface area contributed by atoms with Gasteiger partial charge in [-0.15, -0.1) is 11.6 Å². The SMILES string of the molecule is CC(C)C(=O)O[C@H]1[C@@H](F)[C@H](n2ccc(=O)[nH]c2=O)O[C@]1(CCl)COC(O)C(C)C. The van der Waals surface area contributed by atoms with Crippen LogP contribution >= 0.6 is 11.6 Å². The fourth-order valence-corrected chi connectivity index (χ4v) is 3.06. The molecule has 1 aliphatic heterocycles. The fourth-order valence-electron chi connectivity index (χ4n) is 2.76. The standard InChI is InChI=1S/C18H26ClFN2O7/c1-9(2)15(24)27-8-18(7-19)13(28-16(25)10(3)4)12(20)14(29-18)22-6-5-11(23)21-17(22)26/h5-6,9-10,12-15,24H,7-8H2,1-4H3,(H,21,23,26)/t12-,13+,14-,15?,18-/m1/s1. The number of aromatic nitrogens is 2. The molecule has 0 amide bonds. The Balaban J connectivity index is 2.42. The van der Waals surface area contributed by atoms with Crippen molar-refractivity contribution in [1.82, 2.24) is 9.55 Å². The molecule has 0 saturated carbocycles. The zero-order chi connectivity index (χ0) is 21.9. The van der Waals surface area contributed by atoms with Gasteiger partial charge < -0.3 is 19.3 Å². The highest BCUT2D eigenvalue weighted by Crippen LogP contribution is 2.42. The van der Waals surface area contributed by atoms with E-state index in [9.17, 15) is 19.5 Å². The maximum absolute atomic E-state index is 15.4. The number of hydrogen-bond acceptors (Lipinski definition) is 7. The molecule has 0 radical (unpaired) electrons. The number of alkyl halides is 2. The van der Waals surface area contributed by atoms with E-state index in [1.807, 2.05) is 4.98 Å². The van der Waals surface area contributed by atoms with Gasteiger partial charge in [0.2, 0.25) is 0 Å². The summed E-state index contributed by atoms with van der Waals surface area (Å²) < 4.78 is 32.7. The Hall–Kier alpha value is -1.75. The van der Waals surface area contributed by atoms with Crippen LogP contribution in [-0.4, -0.2) is 57.3 Å². The predicted octanol–water partition coefficient (Wildman–Crippen LogP) is 0.940. The predicted molar refractivity (Wildman–Crippen MR) is 101 cm³/mol. The molecule has 1 aliphatic rings. The van der Waals surface area contributed by atoms with E-state index in [1.54, 1.807) is 27.7 Å². The number of esters is 1. The molecule has 0 spiro atoms. The van der Waals surface area contributed by atoms with Crippen LogP contribution in [0.1, 0.15) is 33.9 Å². The zero-order valence-electron chi connectivity index (χ0n) is 16.6. The van der Waals surface area contributed by atoms with Gasteiger partial charge in [-0.3, -0.25) is 19.1 Å². The van der Waals surface area contributed by atoms with Gasteiger partial charge in [0.15, 0.2) is 24.8 Å². The van der Waals surface area contributed by atoms with Crippen molar-refractivity contribution in [2.45, 2.75) is 58.1 Å². The quantitative estimate of drug-likeness (QED) is 0.353. The van der Waals surface area contributed by atoms with E-state index in [1.165, 1.54) is 0 Å². The third kappa shape index (κ3) is 5.06. The number of hydrogen-bond donors (Lipinski definition) is 2. The maximum atomic E-state index is 15.4. The van der Waals surface area contributed by atoms with Crippen LogP contribution in [-0.2, 0) is 19.0 Å². The highest BCUT2D eigenvalue weighted by atomic mass is 35.5. The maximum Gasteiger partial charge on any atom is 0.330 e. The fraction of sp³-hybridized carbons (Fsp3) is 0.722. The van der Waals surface area contributed by atoms with Crippen molar-refractivity contribution in [3.63, 3.8) is 0 Å². The molecule has 11 heteroatoms. The lowest BCUT2D eigenvalue weighted by Crippen LogP contribution is -2.51. The average Bonchev–Trinajstić information content (AvgIpc) is 2.92. The smallest absolute Gasteiger partial charge is 0.330 e. The van der Waals surface area contributed by atoms with Crippen LogP contribution in [0, 0.1) is 11.8 Å². The number of H-pyrrole nitrogens is 1. The van der Waals surface area contributed by atoms with Crippen molar-refractivity contribution >= 4 is 17.6 Å². The van der Waals surface area contributed by atoms with Crippen molar-refractivity contribution in [2.24, 2.45) is 11.8 Å². The van der Waals surface area contributed by atoms with Gasteiger partial charge in [-0.25, -0.2) is 9.18 Å². The summed E-state index contributed by atoms with van der Waals surface area (Å²) in [6, 6.07) is 1.03. The second-order valence-electron chi connectivity index (χ2n) is 7.63. The molecule has 1 saturated heterocycles. The number of nitrogens with one attached hydrogen (secondary N) is 1. The molecule has 2 heterocycles. The Morgan fingerprint density at radius 1 is 1.41 bits per heavy atom. The molecule has 1 aromatic rings. The number of aromatic amines is 1. The summed E-state index contributed by atoms with van der Waals surface area (Å²) in [7, 11) is 0. The third-order valence-corrected chi connectivity index (χ3v) is 5.02. The normalized spacial score (nSPS) is 28.1. The second-order valence-corrected chi connectivity index (χ2v) is 7.89. The Labute approximate surface area is 171 Å². The average molecular weight is 437 g/mol. The topological polar surface area (TPSA) is 120 Å². The first-order chi connectivity index (χ1) is 13.5. The molecule has 1 unspecified atom stereocenters. The van der Waals surface area contributed by atoms with Gasteiger partial charge in [-0.1, -0.05) is 27.7 Å². The minimum atomic E-state index is -1.99. The van der Waals surface area contributed by atoms with Crippen LogP contribution in [0.3, 0.4) is 0 Å². The van der Waals surface area contributed by atoms with Crippen LogP contribution < -0.4 is 11.2 Å². The van der Waals surface area contributed by atoms with Crippen LogP contribution in [0.25, 0.3) is 0 Å². The van der Waals surface area contributed by atoms with E-state index in [0.29, 0.717) is 0 Å². The van der Waals surface area contributed by atoms with Gasteiger partial charge in [-0.05, 0) is 0 Å². The van der Waals surface area contributed by atoms with Crippen LogP contribution in [0.2, 0.25) is 0 Å². The summed E-state index contributed by atoms with van der Waals surface area (Å²) in [4.78, 5) is 37.6. The Bertz CT molecular complexity index is 827. The summed E-state index contributed by atoms with van der Waals surface area (Å²) in [5.74, 6) is -1.84. The highest BCUT2D eigenvalue weighted by Gasteiger charge is 2.59. The molecule has 0 aromatic carbocycles. The van der Waals surface area contributed by atoms with Gasteiger partial charge in [-0.2, -0.15) is 0 Å². The summed E-state index contributed by atoms with van der Waals surface area (Å²) in [6.45, 7) is 6.20. The lowest BCUT2D eigenvalue weighted by molar-refractivity contribution is -0.199. The largest absolute Gasteiger partial charge is 0.456 e. The van der Waals surface area contributed by atoms with E-state index < -0.39 is 53.5 Å². The van der Waals surface area contributed by atoms with Crippen LogP contribution in [0.4, 0.5) is 4.39 Å². The van der Waals surface area contributed by atoms with Crippen molar-refractivity contribution in [3.8, 4) is 0 Å². The second kappa shape index (κ2) is 9.38. The summed E-state index contributed by atoms with van der Waals surface area (Å²) in [5, 5.41) is 9.96. The first kappa shape index (κ1) is 23.5. The molecule has 2 N–H and O–H groups in total. The number of aliphatic hydroxyl groups excluding tert-OH is 1. The van der Waals surface area contributed by atoms with Crippen molar-refractivity contribution in [1.29, 1.82) is 0 Å². The van der Waals surface area contributed by atoms with Crippen LogP contribution in [0.15, 0.2) is 21.9 Å². The minimum absolute atomic E-state index is 0.265. The monoisotopic (exact) mass is 436 g/mol. The van der Waals surface area contributed by atoms with E-state index in [2.05, 4.69) is 0 Å². The summed E-state index contributed by atoms with van der Waals surface area (Å²) in [5.41, 5.74) is -3.22. The lowest BCUT2D eigenvalue weighted by atomic mass is 9.98. The summed E-state index contributed by atoms with van der Waals surface area (Å²) >= 11 is 6.08. The number of carbonyl (C=O) groups excluding carboxylic acids is 1. The van der Waals surface area contributed by atoms with Gasteiger partial charge in [0.25, 0.3) is 5.56 Å². The molecule has 2 rings (SSSR count).